The van der Waals surface area contributed by atoms with Crippen LogP contribution in [-0.2, 0) is 23.8 Å². The van der Waals surface area contributed by atoms with Crippen LogP contribution in [0.3, 0.4) is 0 Å². The van der Waals surface area contributed by atoms with E-state index in [4.69, 9.17) is 38.7 Å². The number of aryl methyl sites for hydroxylation is 1. The van der Waals surface area contributed by atoms with E-state index in [9.17, 15) is 14.4 Å². The minimum atomic E-state index is -0.715. The molecule has 0 saturated heterocycles. The first-order chi connectivity index (χ1) is 19.8. The molecule has 3 aromatic rings. The van der Waals surface area contributed by atoms with Gasteiger partial charge in [0.25, 0.3) is 5.56 Å². The number of aliphatic imine (C=N–C) groups is 2. The maximum atomic E-state index is 13.6. The molecule has 3 amide bonds. The Balaban J connectivity index is 1.78. The summed E-state index contributed by atoms with van der Waals surface area (Å²) < 4.78 is 6.96. The molecule has 2 aliphatic rings. The summed E-state index contributed by atoms with van der Waals surface area (Å²) in [4.78, 5) is 48.3. The topological polar surface area (TPSA) is 131 Å². The first-order valence-corrected chi connectivity index (χ1v) is 13.9. The number of aromatic nitrogens is 1. The van der Waals surface area contributed by atoms with E-state index in [0.29, 0.717) is 34.4 Å². The third-order valence-corrected chi connectivity index (χ3v) is 8.22. The molecule has 42 heavy (non-hydrogen) atoms. The number of amidine groups is 1. The molecule has 1 aliphatic carbocycles. The van der Waals surface area contributed by atoms with E-state index < -0.39 is 29.0 Å². The summed E-state index contributed by atoms with van der Waals surface area (Å²) in [6, 6.07) is 11.2. The number of carbonyl (C=O) groups excluding carboxylic acids is 2. The smallest absolute Gasteiger partial charge is 0.350 e. The summed E-state index contributed by atoms with van der Waals surface area (Å²) in [5.74, 6) is -0.177. The van der Waals surface area contributed by atoms with Gasteiger partial charge in [-0.2, -0.15) is 4.99 Å². The zero-order chi connectivity index (χ0) is 30.5. The number of ether oxygens (including phenoxy) is 1. The lowest BCUT2D eigenvalue weighted by molar-refractivity contribution is -0.119. The van der Waals surface area contributed by atoms with Gasteiger partial charge in [-0.25, -0.2) is 4.79 Å². The lowest BCUT2D eigenvalue weighted by Crippen LogP contribution is -2.57. The highest BCUT2D eigenvalue weighted by molar-refractivity contribution is 6.31. The van der Waals surface area contributed by atoms with Gasteiger partial charge in [0.05, 0.1) is 24.8 Å². The molecular weight excluding hydrogens is 579 g/mol. The number of carbonyl (C=O) groups is 2. The number of pyridine rings is 1. The number of rotatable bonds is 5. The molecule has 2 aromatic carbocycles. The van der Waals surface area contributed by atoms with E-state index in [1.807, 2.05) is 38.1 Å². The molecule has 0 bridgehead atoms. The molecule has 3 N–H and O–H groups in total. The first kappa shape index (κ1) is 29.3. The second-order valence-corrected chi connectivity index (χ2v) is 11.7. The van der Waals surface area contributed by atoms with Gasteiger partial charge in [0.2, 0.25) is 5.91 Å². The molecule has 2 atom stereocenters. The predicted molar refractivity (Wildman–Crippen MR) is 165 cm³/mol. The molecule has 0 radical (unpaired) electrons. The van der Waals surface area contributed by atoms with Crippen molar-refractivity contribution in [1.82, 2.24) is 9.88 Å². The number of benzene rings is 2. The summed E-state index contributed by atoms with van der Waals surface area (Å²) in [6.45, 7) is 5.79. The maximum absolute atomic E-state index is 13.6. The molecule has 1 aliphatic heterocycles. The monoisotopic (exact) mass is 608 g/mol. The fraction of sp³-hybridized carbons (Fsp3) is 0.300. The Morgan fingerprint density at radius 2 is 1.90 bits per heavy atom. The van der Waals surface area contributed by atoms with Crippen LogP contribution in [0.1, 0.15) is 43.5 Å². The van der Waals surface area contributed by atoms with Gasteiger partial charge in [0.15, 0.2) is 0 Å². The number of urea groups is 1. The molecule has 12 heteroatoms. The number of halogens is 2. The Kier molecular flexibility index (Phi) is 7.63. The van der Waals surface area contributed by atoms with E-state index in [2.05, 4.69) is 10.3 Å². The number of nitrogens with one attached hydrogen (secondary N) is 1. The number of fused-ring (bicyclic) bond motifs is 3. The molecule has 5 rings (SSSR count). The zero-order valence-electron chi connectivity index (χ0n) is 23.7. The van der Waals surface area contributed by atoms with Crippen molar-refractivity contribution in [2.24, 2.45) is 28.7 Å². The van der Waals surface area contributed by atoms with Gasteiger partial charge in [0, 0.05) is 42.9 Å². The van der Waals surface area contributed by atoms with Crippen molar-refractivity contribution in [1.29, 1.82) is 0 Å². The SMILES string of the molecule is COc1ccc(CNC(C)=O)cc1N=C1C2C(N)=NC(=O)N(c3cc(Cl)c(=O)n(C)c3)C2c2ccc(Cl)cc2C1(C)C. The van der Waals surface area contributed by atoms with Gasteiger partial charge in [0.1, 0.15) is 22.3 Å². The summed E-state index contributed by atoms with van der Waals surface area (Å²) in [5.41, 5.74) is 9.49. The fourth-order valence-electron chi connectivity index (χ4n) is 5.68. The van der Waals surface area contributed by atoms with Crippen LogP contribution in [0.2, 0.25) is 10.0 Å². The predicted octanol–water partition coefficient (Wildman–Crippen LogP) is 5.06. The third-order valence-electron chi connectivity index (χ3n) is 7.71. The number of anilines is 1. The summed E-state index contributed by atoms with van der Waals surface area (Å²) >= 11 is 12.8. The second-order valence-electron chi connectivity index (χ2n) is 10.8. The minimum Gasteiger partial charge on any atom is -0.494 e. The van der Waals surface area contributed by atoms with Crippen molar-refractivity contribution in [3.05, 3.63) is 85.8 Å². The van der Waals surface area contributed by atoms with E-state index in [-0.39, 0.29) is 16.8 Å². The van der Waals surface area contributed by atoms with E-state index in [0.717, 1.165) is 16.7 Å². The Bertz CT molecular complexity index is 1720. The Hall–Kier alpha value is -4.15. The number of hydrogen-bond donors (Lipinski definition) is 2. The average molecular weight is 610 g/mol. The van der Waals surface area contributed by atoms with Gasteiger partial charge < -0.3 is 20.4 Å². The molecule has 0 saturated carbocycles. The minimum absolute atomic E-state index is 0.0380. The van der Waals surface area contributed by atoms with Crippen molar-refractivity contribution in [3.63, 3.8) is 0 Å². The van der Waals surface area contributed by atoms with Crippen molar-refractivity contribution >= 4 is 58.1 Å². The summed E-state index contributed by atoms with van der Waals surface area (Å²) in [5, 5.41) is 3.28. The van der Waals surface area contributed by atoms with Gasteiger partial charge >= 0.3 is 6.03 Å². The number of hydrogen-bond acceptors (Lipinski definition) is 6. The average Bonchev–Trinajstić information content (AvgIpc) is 2.92. The van der Waals surface area contributed by atoms with Crippen molar-refractivity contribution in [3.8, 4) is 5.75 Å². The fourth-order valence-corrected chi connectivity index (χ4v) is 6.10. The van der Waals surface area contributed by atoms with E-state index in [1.54, 1.807) is 32.5 Å². The molecule has 0 spiro atoms. The summed E-state index contributed by atoms with van der Waals surface area (Å²) in [7, 11) is 3.11. The van der Waals surface area contributed by atoms with E-state index >= 15 is 0 Å². The van der Waals surface area contributed by atoms with Crippen LogP contribution < -0.4 is 26.2 Å². The van der Waals surface area contributed by atoms with Gasteiger partial charge in [-0.15, -0.1) is 0 Å². The lowest BCUT2D eigenvalue weighted by atomic mass is 9.63. The van der Waals surface area contributed by atoms with Crippen LogP contribution >= 0.6 is 23.2 Å². The standard InChI is InChI=1S/C30H30Cl2N6O4/c1-15(39)34-13-16-6-9-23(42-5)22(10-16)35-26-24-25(19-8-7-17(31)11-20(19)30(26,2)3)38(29(41)36-27(24)33)18-12-21(32)28(40)37(4)14-18/h6-12,14,24-25H,13H2,1-5H3,(H,34,39)(H2,33,36,41). The maximum Gasteiger partial charge on any atom is 0.350 e. The van der Waals surface area contributed by atoms with Crippen LogP contribution in [0.4, 0.5) is 16.2 Å². The molecule has 10 nitrogen and oxygen atoms in total. The molecule has 218 valence electrons. The largest absolute Gasteiger partial charge is 0.494 e. The molecule has 2 heterocycles. The third kappa shape index (κ3) is 5.05. The number of nitrogens with zero attached hydrogens (tertiary/aromatic N) is 4. The van der Waals surface area contributed by atoms with Crippen LogP contribution in [0, 0.1) is 5.92 Å². The lowest BCUT2D eigenvalue weighted by Gasteiger charge is -2.48. The van der Waals surface area contributed by atoms with Crippen molar-refractivity contribution in [2.75, 3.05) is 12.0 Å². The molecule has 0 fully saturated rings. The van der Waals surface area contributed by atoms with E-state index in [1.165, 1.54) is 22.5 Å². The summed E-state index contributed by atoms with van der Waals surface area (Å²) in [6.07, 6.45) is 1.54. The first-order valence-electron chi connectivity index (χ1n) is 13.2. The molecular formula is C30H30Cl2N6O4. The van der Waals surface area contributed by atoms with Gasteiger partial charge in [-0.3, -0.25) is 19.5 Å². The van der Waals surface area contributed by atoms with Crippen LogP contribution in [0.25, 0.3) is 0 Å². The van der Waals surface area contributed by atoms with Crippen LogP contribution in [0.15, 0.2) is 63.4 Å². The van der Waals surface area contributed by atoms with Crippen molar-refractivity contribution < 1.29 is 14.3 Å². The van der Waals surface area contributed by atoms with Crippen LogP contribution in [-0.4, -0.2) is 35.2 Å². The number of amides is 3. The highest BCUT2D eigenvalue weighted by Crippen LogP contribution is 2.50. The zero-order valence-corrected chi connectivity index (χ0v) is 25.2. The van der Waals surface area contributed by atoms with Crippen molar-refractivity contribution in [2.45, 2.75) is 38.8 Å². The molecule has 2 unspecified atom stereocenters. The highest BCUT2D eigenvalue weighted by atomic mass is 35.5. The Morgan fingerprint density at radius 1 is 1.17 bits per heavy atom. The number of nitrogens with two attached hydrogens (primary N) is 1. The molecule has 1 aromatic heterocycles. The van der Waals surface area contributed by atoms with Gasteiger partial charge in [-0.05, 0) is 47.0 Å². The second kappa shape index (κ2) is 10.9. The van der Waals surface area contributed by atoms with Crippen LogP contribution in [0.5, 0.6) is 5.75 Å². The quantitative estimate of drug-likeness (QED) is 0.418. The normalized spacial score (nSPS) is 20.1. The van der Waals surface area contributed by atoms with Gasteiger partial charge in [-0.1, -0.05) is 49.2 Å². The Morgan fingerprint density at radius 3 is 2.57 bits per heavy atom. The highest BCUT2D eigenvalue weighted by Gasteiger charge is 2.52. The number of methoxy groups -OCH3 is 1. The Labute approximate surface area is 252 Å².